The fourth-order valence-electron chi connectivity index (χ4n) is 2.76. The molecule has 0 aliphatic heterocycles. The first kappa shape index (κ1) is 19.3. The van der Waals surface area contributed by atoms with Crippen molar-refractivity contribution in [2.24, 2.45) is 0 Å². The Hall–Kier alpha value is 0.279. The minimum atomic E-state index is -1.95. The van der Waals surface area contributed by atoms with Gasteiger partial charge in [-0.15, -0.1) is 0 Å². The molecule has 0 aromatic carbocycles. The van der Waals surface area contributed by atoms with Crippen LogP contribution in [0, 0.1) is 0 Å². The molecule has 0 bridgehead atoms. The molecule has 0 unspecified atom stereocenters. The van der Waals surface area contributed by atoms with Gasteiger partial charge in [0.15, 0.2) is 0 Å². The molecule has 0 rings (SSSR count). The van der Waals surface area contributed by atoms with E-state index in [2.05, 4.69) is 37.5 Å². The SMILES string of the molecule is C=CCC/C=[CH]/[Sn]([CH2]CCC)([CH2]CCC)[CH2]CCC. The molecule has 0 heterocycles. The van der Waals surface area contributed by atoms with Crippen LogP contribution in [0.4, 0.5) is 0 Å². The Bertz CT molecular complexity index is 208. The first-order chi connectivity index (χ1) is 9.24. The summed E-state index contributed by atoms with van der Waals surface area (Å²) < 4.78 is 7.56. The molecular weight excluding hydrogens is 335 g/mol. The summed E-state index contributed by atoms with van der Waals surface area (Å²) in [5.74, 6) is 0. The summed E-state index contributed by atoms with van der Waals surface area (Å²) in [6, 6.07) is 0. The molecule has 0 nitrogen and oxygen atoms in total. The normalized spacial score (nSPS) is 12.2. The molecule has 0 saturated carbocycles. The van der Waals surface area contributed by atoms with Gasteiger partial charge in [-0.2, -0.15) is 0 Å². The molecule has 0 spiro atoms. The van der Waals surface area contributed by atoms with Crippen molar-refractivity contribution in [1.82, 2.24) is 0 Å². The molecule has 112 valence electrons. The zero-order valence-corrected chi connectivity index (χ0v) is 16.6. The van der Waals surface area contributed by atoms with Gasteiger partial charge in [-0.1, -0.05) is 0 Å². The third kappa shape index (κ3) is 9.76. The molecule has 0 aliphatic rings. The Morgan fingerprint density at radius 1 is 0.789 bits per heavy atom. The molecule has 1 heteroatoms. The van der Waals surface area contributed by atoms with Gasteiger partial charge in [0.25, 0.3) is 0 Å². The number of allylic oxidation sites excluding steroid dienone is 2. The van der Waals surface area contributed by atoms with Crippen LogP contribution in [0.2, 0.25) is 13.3 Å². The van der Waals surface area contributed by atoms with Crippen molar-refractivity contribution in [1.29, 1.82) is 0 Å². The fourth-order valence-corrected chi connectivity index (χ4v) is 17.3. The van der Waals surface area contributed by atoms with Crippen molar-refractivity contribution in [3.63, 3.8) is 0 Å². The molecule has 0 radical (unpaired) electrons. The summed E-state index contributed by atoms with van der Waals surface area (Å²) in [7, 11) is 0. The zero-order chi connectivity index (χ0) is 14.4. The van der Waals surface area contributed by atoms with E-state index in [9.17, 15) is 0 Å². The van der Waals surface area contributed by atoms with Gasteiger partial charge in [-0.3, -0.25) is 0 Å². The van der Waals surface area contributed by atoms with Crippen molar-refractivity contribution in [2.45, 2.75) is 85.4 Å². The molecule has 0 fully saturated rings. The maximum absolute atomic E-state index is 3.83. The summed E-state index contributed by atoms with van der Waals surface area (Å²) >= 11 is -1.95. The summed E-state index contributed by atoms with van der Waals surface area (Å²) in [5, 5.41) is 0. The van der Waals surface area contributed by atoms with Gasteiger partial charge >= 0.3 is 127 Å². The third-order valence-electron chi connectivity index (χ3n) is 4.09. The van der Waals surface area contributed by atoms with E-state index in [1.165, 1.54) is 44.9 Å². The Labute approximate surface area is 126 Å². The van der Waals surface area contributed by atoms with Crippen LogP contribution in [-0.4, -0.2) is 18.4 Å². The topological polar surface area (TPSA) is 0 Å². The standard InChI is InChI=1S/C6H9.3C4H9.Sn/c1-3-5-6-4-2;3*1-3-4-2;/h1,3-4H,2,5-6H2;3*1,3-4H2,2H3;. The monoisotopic (exact) mass is 372 g/mol. The van der Waals surface area contributed by atoms with Crippen LogP contribution >= 0.6 is 0 Å². The third-order valence-corrected chi connectivity index (χ3v) is 18.3. The molecule has 0 amide bonds. The predicted octanol–water partition coefficient (Wildman–Crippen LogP) is 6.90. The summed E-state index contributed by atoms with van der Waals surface area (Å²) in [4.78, 5) is 0. The molecule has 0 saturated heterocycles. The van der Waals surface area contributed by atoms with Crippen molar-refractivity contribution < 1.29 is 0 Å². The molecule has 0 N–H and O–H groups in total. The average molecular weight is 371 g/mol. The van der Waals surface area contributed by atoms with Gasteiger partial charge in [0.2, 0.25) is 0 Å². The number of hydrogen-bond donors (Lipinski definition) is 0. The van der Waals surface area contributed by atoms with E-state index in [0.29, 0.717) is 0 Å². The van der Waals surface area contributed by atoms with Crippen LogP contribution in [0.5, 0.6) is 0 Å². The van der Waals surface area contributed by atoms with Gasteiger partial charge in [0, 0.05) is 0 Å². The predicted molar refractivity (Wildman–Crippen MR) is 93.5 cm³/mol. The van der Waals surface area contributed by atoms with E-state index in [1.54, 1.807) is 13.3 Å². The van der Waals surface area contributed by atoms with Crippen molar-refractivity contribution in [3.05, 3.63) is 22.8 Å². The molecular formula is C18H36Sn. The quantitative estimate of drug-likeness (QED) is 0.188. The van der Waals surface area contributed by atoms with Crippen LogP contribution in [0.1, 0.15) is 72.1 Å². The summed E-state index contributed by atoms with van der Waals surface area (Å²) in [5.41, 5.74) is 0. The van der Waals surface area contributed by atoms with E-state index in [1.807, 2.05) is 6.08 Å². The Kier molecular flexibility index (Phi) is 13.5. The number of hydrogen-bond acceptors (Lipinski definition) is 0. The Balaban J connectivity index is 4.64. The first-order valence-corrected chi connectivity index (χ1v) is 16.2. The van der Waals surface area contributed by atoms with E-state index >= 15 is 0 Å². The van der Waals surface area contributed by atoms with E-state index in [0.717, 1.165) is 6.42 Å². The van der Waals surface area contributed by atoms with Gasteiger partial charge in [0.05, 0.1) is 0 Å². The van der Waals surface area contributed by atoms with Crippen LogP contribution < -0.4 is 0 Å². The fraction of sp³-hybridized carbons (Fsp3) is 0.778. The molecule has 0 aliphatic carbocycles. The van der Waals surface area contributed by atoms with Crippen LogP contribution in [0.25, 0.3) is 0 Å². The Morgan fingerprint density at radius 2 is 1.26 bits per heavy atom. The van der Waals surface area contributed by atoms with E-state index in [-0.39, 0.29) is 0 Å². The van der Waals surface area contributed by atoms with Gasteiger partial charge in [-0.05, 0) is 0 Å². The first-order valence-electron chi connectivity index (χ1n) is 8.53. The van der Waals surface area contributed by atoms with E-state index < -0.39 is 18.4 Å². The maximum atomic E-state index is 3.83. The van der Waals surface area contributed by atoms with Gasteiger partial charge < -0.3 is 0 Å². The molecule has 0 atom stereocenters. The van der Waals surface area contributed by atoms with Gasteiger partial charge in [0.1, 0.15) is 0 Å². The van der Waals surface area contributed by atoms with E-state index in [4.69, 9.17) is 0 Å². The summed E-state index contributed by atoms with van der Waals surface area (Å²) in [6.45, 7) is 10.9. The second-order valence-electron chi connectivity index (χ2n) is 5.94. The second kappa shape index (κ2) is 13.3. The second-order valence-corrected chi connectivity index (χ2v) is 19.0. The van der Waals surface area contributed by atoms with Crippen molar-refractivity contribution in [2.75, 3.05) is 0 Å². The molecule has 0 aromatic rings. The number of rotatable bonds is 13. The van der Waals surface area contributed by atoms with Crippen molar-refractivity contribution in [3.8, 4) is 0 Å². The summed E-state index contributed by atoms with van der Waals surface area (Å²) in [6.07, 6.45) is 15.4. The average Bonchev–Trinajstić information content (AvgIpc) is 2.44. The Morgan fingerprint density at radius 3 is 1.63 bits per heavy atom. The van der Waals surface area contributed by atoms with Crippen LogP contribution in [0.3, 0.4) is 0 Å². The molecule has 19 heavy (non-hydrogen) atoms. The zero-order valence-electron chi connectivity index (χ0n) is 13.7. The number of unbranched alkanes of at least 4 members (excludes halogenated alkanes) is 4. The van der Waals surface area contributed by atoms with Crippen molar-refractivity contribution >= 4 is 18.4 Å². The van der Waals surface area contributed by atoms with Crippen LogP contribution in [0.15, 0.2) is 22.8 Å². The molecule has 0 aromatic heterocycles. The minimum absolute atomic E-state index is 1.15. The van der Waals surface area contributed by atoms with Gasteiger partial charge in [-0.25, -0.2) is 0 Å². The van der Waals surface area contributed by atoms with Crippen LogP contribution in [-0.2, 0) is 0 Å².